The number of hydrogen-bond acceptors (Lipinski definition) is 6. The topological polar surface area (TPSA) is 106 Å². The summed E-state index contributed by atoms with van der Waals surface area (Å²) in [4.78, 5) is 29.7. The SMILES string of the molecule is CC(C)C(NC(=O)CC(Cc1cc(F)c(F)cc1F)NC(=O)OC(C)(C)C)c1nc(C2CC2)no1. The second-order valence-corrected chi connectivity index (χ2v) is 10.2. The van der Waals surface area contributed by atoms with Gasteiger partial charge in [-0.3, -0.25) is 4.79 Å². The molecule has 35 heavy (non-hydrogen) atoms. The van der Waals surface area contributed by atoms with Crippen molar-refractivity contribution in [3.05, 3.63) is 46.9 Å². The predicted molar refractivity (Wildman–Crippen MR) is 120 cm³/mol. The van der Waals surface area contributed by atoms with E-state index in [4.69, 9.17) is 9.26 Å². The van der Waals surface area contributed by atoms with E-state index in [9.17, 15) is 22.8 Å². The highest BCUT2D eigenvalue weighted by Crippen LogP contribution is 2.38. The highest BCUT2D eigenvalue weighted by atomic mass is 19.2. The molecule has 3 rings (SSSR count). The monoisotopic (exact) mass is 496 g/mol. The Balaban J connectivity index is 1.74. The first kappa shape index (κ1) is 26.5. The van der Waals surface area contributed by atoms with Crippen LogP contribution in [0.15, 0.2) is 16.7 Å². The standard InChI is InChI=1S/C24H31F3N4O4/c1-12(2)20(22-30-21(31-35-22)13-6-7-13)29-19(32)10-15(28-23(33)34-24(3,4)5)8-14-9-17(26)18(27)11-16(14)25/h9,11-13,15,20H,6-8,10H2,1-5H3,(H,28,33)(H,29,32). The maximum Gasteiger partial charge on any atom is 0.407 e. The molecule has 1 saturated carbocycles. The summed E-state index contributed by atoms with van der Waals surface area (Å²) in [5.74, 6) is -2.96. The number of aromatic nitrogens is 2. The molecular weight excluding hydrogens is 465 g/mol. The van der Waals surface area contributed by atoms with Gasteiger partial charge < -0.3 is 19.9 Å². The van der Waals surface area contributed by atoms with Gasteiger partial charge in [-0.2, -0.15) is 4.98 Å². The number of carbonyl (C=O) groups is 2. The van der Waals surface area contributed by atoms with Crippen LogP contribution in [0.25, 0.3) is 0 Å². The molecule has 1 heterocycles. The third-order valence-corrected chi connectivity index (χ3v) is 5.36. The molecule has 0 aliphatic heterocycles. The molecule has 0 radical (unpaired) electrons. The number of halogens is 3. The lowest BCUT2D eigenvalue weighted by atomic mass is 10.0. The van der Waals surface area contributed by atoms with Gasteiger partial charge in [-0.05, 0) is 57.6 Å². The Hall–Kier alpha value is -3.11. The average Bonchev–Trinajstić information content (AvgIpc) is 3.45. The van der Waals surface area contributed by atoms with Crippen LogP contribution >= 0.6 is 0 Å². The first-order valence-electron chi connectivity index (χ1n) is 11.6. The van der Waals surface area contributed by atoms with Crippen LogP contribution < -0.4 is 10.6 Å². The Morgan fingerprint density at radius 1 is 1.11 bits per heavy atom. The maximum absolute atomic E-state index is 14.3. The number of amides is 2. The Kier molecular flexibility index (Phi) is 8.07. The Labute approximate surface area is 202 Å². The number of rotatable bonds is 9. The van der Waals surface area contributed by atoms with Crippen molar-refractivity contribution in [1.29, 1.82) is 0 Å². The second kappa shape index (κ2) is 10.7. The zero-order chi connectivity index (χ0) is 25.9. The summed E-state index contributed by atoms with van der Waals surface area (Å²) < 4.78 is 51.9. The molecule has 2 aromatic rings. The highest BCUT2D eigenvalue weighted by Gasteiger charge is 2.32. The van der Waals surface area contributed by atoms with Crippen LogP contribution in [0.5, 0.6) is 0 Å². The summed E-state index contributed by atoms with van der Waals surface area (Å²) in [6.07, 6.45) is 0.607. The molecule has 0 spiro atoms. The van der Waals surface area contributed by atoms with Crippen molar-refractivity contribution in [2.75, 3.05) is 0 Å². The third kappa shape index (κ3) is 7.69. The molecule has 2 N–H and O–H groups in total. The predicted octanol–water partition coefficient (Wildman–Crippen LogP) is 4.70. The lowest BCUT2D eigenvalue weighted by molar-refractivity contribution is -0.122. The van der Waals surface area contributed by atoms with Crippen LogP contribution in [0.3, 0.4) is 0 Å². The van der Waals surface area contributed by atoms with Crippen molar-refractivity contribution < 1.29 is 32.0 Å². The van der Waals surface area contributed by atoms with Crippen LogP contribution in [-0.4, -0.2) is 33.8 Å². The lowest BCUT2D eigenvalue weighted by Crippen LogP contribution is -2.44. The van der Waals surface area contributed by atoms with Crippen molar-refractivity contribution in [3.63, 3.8) is 0 Å². The van der Waals surface area contributed by atoms with Crippen LogP contribution in [0, 0.1) is 23.4 Å². The molecule has 1 aromatic heterocycles. The van der Waals surface area contributed by atoms with Crippen molar-refractivity contribution >= 4 is 12.0 Å². The number of nitrogens with zero attached hydrogens (tertiary/aromatic N) is 2. The van der Waals surface area contributed by atoms with Gasteiger partial charge in [0.25, 0.3) is 0 Å². The summed E-state index contributed by atoms with van der Waals surface area (Å²) in [5, 5.41) is 9.34. The summed E-state index contributed by atoms with van der Waals surface area (Å²) in [6, 6.07) is -0.413. The summed E-state index contributed by atoms with van der Waals surface area (Å²) in [6.45, 7) is 8.74. The van der Waals surface area contributed by atoms with E-state index in [-0.39, 0.29) is 36.1 Å². The zero-order valence-electron chi connectivity index (χ0n) is 20.5. The summed E-state index contributed by atoms with van der Waals surface area (Å²) >= 11 is 0. The lowest BCUT2D eigenvalue weighted by Gasteiger charge is -2.25. The molecule has 192 valence electrons. The molecule has 1 aliphatic rings. The number of nitrogens with one attached hydrogen (secondary N) is 2. The van der Waals surface area contributed by atoms with E-state index >= 15 is 0 Å². The Bertz CT molecular complexity index is 1060. The smallest absolute Gasteiger partial charge is 0.407 e. The van der Waals surface area contributed by atoms with Gasteiger partial charge in [0.05, 0.1) is 0 Å². The molecule has 1 aromatic carbocycles. The van der Waals surface area contributed by atoms with Gasteiger partial charge in [-0.15, -0.1) is 0 Å². The van der Waals surface area contributed by atoms with E-state index in [1.165, 1.54) is 0 Å². The van der Waals surface area contributed by atoms with Crippen molar-refractivity contribution in [3.8, 4) is 0 Å². The van der Waals surface area contributed by atoms with Gasteiger partial charge in [0, 0.05) is 24.4 Å². The molecule has 1 aliphatic carbocycles. The second-order valence-electron chi connectivity index (χ2n) is 10.2. The number of benzene rings is 1. The fraction of sp³-hybridized carbons (Fsp3) is 0.583. The fourth-order valence-corrected chi connectivity index (χ4v) is 3.48. The quantitative estimate of drug-likeness (QED) is 0.488. The van der Waals surface area contributed by atoms with Crippen LogP contribution in [-0.2, 0) is 16.0 Å². The van der Waals surface area contributed by atoms with Crippen molar-refractivity contribution in [1.82, 2.24) is 20.8 Å². The van der Waals surface area contributed by atoms with Gasteiger partial charge in [0.2, 0.25) is 11.8 Å². The van der Waals surface area contributed by atoms with Crippen LogP contribution in [0.1, 0.15) is 83.1 Å². The minimum atomic E-state index is -1.33. The first-order chi connectivity index (χ1) is 16.3. The number of alkyl carbamates (subject to hydrolysis) is 1. The molecule has 2 amide bonds. The van der Waals surface area contributed by atoms with E-state index in [2.05, 4.69) is 20.8 Å². The van der Waals surface area contributed by atoms with Crippen LogP contribution in [0.4, 0.5) is 18.0 Å². The van der Waals surface area contributed by atoms with Crippen molar-refractivity contribution in [2.45, 2.75) is 83.9 Å². The molecule has 2 unspecified atom stereocenters. The fourth-order valence-electron chi connectivity index (χ4n) is 3.48. The Morgan fingerprint density at radius 3 is 2.37 bits per heavy atom. The molecule has 8 nitrogen and oxygen atoms in total. The number of carbonyl (C=O) groups excluding carboxylic acids is 2. The molecule has 1 fully saturated rings. The van der Waals surface area contributed by atoms with E-state index in [1.54, 1.807) is 20.8 Å². The number of hydrogen-bond donors (Lipinski definition) is 2. The molecule has 11 heteroatoms. The number of ether oxygens (including phenoxy) is 1. The Morgan fingerprint density at radius 2 is 1.77 bits per heavy atom. The highest BCUT2D eigenvalue weighted by molar-refractivity contribution is 5.78. The minimum Gasteiger partial charge on any atom is -0.444 e. The van der Waals surface area contributed by atoms with Gasteiger partial charge in [0.1, 0.15) is 17.5 Å². The van der Waals surface area contributed by atoms with Crippen LogP contribution in [0.2, 0.25) is 0 Å². The zero-order valence-corrected chi connectivity index (χ0v) is 20.5. The summed E-state index contributed by atoms with van der Waals surface area (Å²) in [7, 11) is 0. The van der Waals surface area contributed by atoms with Gasteiger partial charge >= 0.3 is 6.09 Å². The van der Waals surface area contributed by atoms with Gasteiger partial charge in [-0.25, -0.2) is 18.0 Å². The van der Waals surface area contributed by atoms with Gasteiger partial charge in [0.15, 0.2) is 17.5 Å². The largest absolute Gasteiger partial charge is 0.444 e. The van der Waals surface area contributed by atoms with E-state index in [0.717, 1.165) is 12.8 Å². The maximum atomic E-state index is 14.3. The third-order valence-electron chi connectivity index (χ3n) is 5.36. The molecule has 2 atom stereocenters. The summed E-state index contributed by atoms with van der Waals surface area (Å²) in [5.41, 5.74) is -1.01. The minimum absolute atomic E-state index is 0.0904. The van der Waals surface area contributed by atoms with E-state index in [1.807, 2.05) is 13.8 Å². The van der Waals surface area contributed by atoms with Gasteiger partial charge in [-0.1, -0.05) is 19.0 Å². The van der Waals surface area contributed by atoms with E-state index in [0.29, 0.717) is 18.0 Å². The first-order valence-corrected chi connectivity index (χ1v) is 11.6. The molecule has 0 bridgehead atoms. The van der Waals surface area contributed by atoms with Crippen molar-refractivity contribution in [2.24, 2.45) is 5.92 Å². The average molecular weight is 497 g/mol. The van der Waals surface area contributed by atoms with E-state index < -0.39 is 47.1 Å². The molecular formula is C24H31F3N4O4. The normalized spacial score (nSPS) is 15.6. The molecule has 0 saturated heterocycles.